The van der Waals surface area contributed by atoms with Crippen LogP contribution in [0.4, 0.5) is 0 Å². The van der Waals surface area contributed by atoms with E-state index in [0.29, 0.717) is 26.4 Å². The second kappa shape index (κ2) is 16.4. The number of aliphatic hydroxyl groups is 2. The van der Waals surface area contributed by atoms with Crippen LogP contribution in [0, 0.1) is 0 Å². The van der Waals surface area contributed by atoms with Gasteiger partial charge >= 0.3 is 0 Å². The van der Waals surface area contributed by atoms with Gasteiger partial charge < -0.3 is 34.5 Å². The molecule has 0 spiro atoms. The minimum Gasteiger partial charge on any atom is -0.394 e. The first-order valence-electron chi connectivity index (χ1n) is 14.9. The van der Waals surface area contributed by atoms with Gasteiger partial charge in [-0.05, 0) is 22.3 Å². The fourth-order valence-electron chi connectivity index (χ4n) is 5.39. The van der Waals surface area contributed by atoms with E-state index in [2.05, 4.69) is 5.32 Å². The third-order valence-corrected chi connectivity index (χ3v) is 7.68. The van der Waals surface area contributed by atoms with Gasteiger partial charge in [-0.15, -0.1) is 0 Å². The van der Waals surface area contributed by atoms with Crippen molar-refractivity contribution in [3.8, 4) is 0 Å². The van der Waals surface area contributed by atoms with E-state index in [1.165, 1.54) is 0 Å². The fraction of sp³-hybridized carbons (Fsp3) is 0.333. The van der Waals surface area contributed by atoms with Crippen LogP contribution in [-0.4, -0.2) is 59.9 Å². The molecule has 0 bridgehead atoms. The maximum absolute atomic E-state index is 11.1. The van der Waals surface area contributed by atoms with Gasteiger partial charge in [0.1, 0.15) is 24.4 Å². The van der Waals surface area contributed by atoms with Crippen molar-refractivity contribution in [2.24, 2.45) is 0 Å². The summed E-state index contributed by atoms with van der Waals surface area (Å²) in [5.41, 5.74) is 4.07. The predicted molar refractivity (Wildman–Crippen MR) is 165 cm³/mol. The van der Waals surface area contributed by atoms with Crippen LogP contribution in [-0.2, 0) is 45.4 Å². The molecule has 1 heterocycles. The molecule has 0 unspecified atom stereocenters. The Morgan fingerprint density at radius 2 is 1.05 bits per heavy atom. The summed E-state index contributed by atoms with van der Waals surface area (Å²) in [5.74, 6) is 0. The molecule has 0 aromatic heterocycles. The van der Waals surface area contributed by atoms with E-state index >= 15 is 0 Å². The van der Waals surface area contributed by atoms with Crippen molar-refractivity contribution in [1.82, 2.24) is 5.32 Å². The third-order valence-electron chi connectivity index (χ3n) is 7.68. The van der Waals surface area contributed by atoms with Crippen molar-refractivity contribution in [3.63, 3.8) is 0 Å². The highest BCUT2D eigenvalue weighted by atomic mass is 16.6. The second-order valence-corrected chi connectivity index (χ2v) is 10.8. The molecule has 5 rings (SSSR count). The normalized spacial score (nSPS) is 20.5. The average Bonchev–Trinajstić information content (AvgIpc) is 3.48. The van der Waals surface area contributed by atoms with Gasteiger partial charge in [0.2, 0.25) is 0 Å². The van der Waals surface area contributed by atoms with Crippen LogP contribution in [0.2, 0.25) is 0 Å². The van der Waals surface area contributed by atoms with Crippen molar-refractivity contribution in [2.75, 3.05) is 13.2 Å². The first-order valence-corrected chi connectivity index (χ1v) is 14.9. The van der Waals surface area contributed by atoms with Crippen molar-refractivity contribution in [3.05, 3.63) is 144 Å². The van der Waals surface area contributed by atoms with Gasteiger partial charge in [0, 0.05) is 6.54 Å². The van der Waals surface area contributed by atoms with Gasteiger partial charge in [0.05, 0.1) is 45.2 Å². The number of hydrogen-bond donors (Lipinski definition) is 3. The van der Waals surface area contributed by atoms with E-state index < -0.39 is 37.1 Å². The highest BCUT2D eigenvalue weighted by Gasteiger charge is 2.47. The SMILES string of the molecule is OC[C@H](O)[C@@H](OCc1ccccc1)[C@H](OCc1ccccc1)[C@@H]1NC[C@@H](OCc2ccccc2)[C@H]1OCc1ccccc1. The van der Waals surface area contributed by atoms with Crippen molar-refractivity contribution in [1.29, 1.82) is 0 Å². The Kier molecular flexibility index (Phi) is 11.9. The van der Waals surface area contributed by atoms with Crippen molar-refractivity contribution >= 4 is 0 Å². The molecule has 0 amide bonds. The minimum atomic E-state index is -1.18. The lowest BCUT2D eigenvalue weighted by atomic mass is 9.96. The molecule has 4 aromatic rings. The van der Waals surface area contributed by atoms with Gasteiger partial charge in [0.25, 0.3) is 0 Å². The molecule has 7 nitrogen and oxygen atoms in total. The Morgan fingerprint density at radius 3 is 1.53 bits per heavy atom. The highest BCUT2D eigenvalue weighted by Crippen LogP contribution is 2.27. The van der Waals surface area contributed by atoms with Crippen LogP contribution < -0.4 is 5.32 Å². The molecule has 0 aliphatic carbocycles. The summed E-state index contributed by atoms with van der Waals surface area (Å²) in [6.07, 6.45) is -3.39. The number of benzene rings is 4. The van der Waals surface area contributed by atoms with Crippen LogP contribution in [0.3, 0.4) is 0 Å². The maximum Gasteiger partial charge on any atom is 0.114 e. The van der Waals surface area contributed by atoms with Crippen LogP contribution in [0.5, 0.6) is 0 Å². The van der Waals surface area contributed by atoms with Crippen LogP contribution in [0.25, 0.3) is 0 Å². The smallest absolute Gasteiger partial charge is 0.114 e. The lowest BCUT2D eigenvalue weighted by Gasteiger charge is -2.37. The average molecular weight is 584 g/mol. The molecule has 1 aliphatic heterocycles. The van der Waals surface area contributed by atoms with Crippen molar-refractivity contribution in [2.45, 2.75) is 63.0 Å². The number of nitrogens with one attached hydrogen (secondary N) is 1. The standard InChI is InChI=1S/C36H41NO6/c38-22-31(39)34(41-24-28-15-7-2-8-16-28)36(43-26-30-19-11-4-12-20-30)33-35(42-25-29-17-9-3-10-18-29)32(21-37-33)40-23-27-13-5-1-6-14-27/h1-20,31-39H,21-26H2/t31-,32+,33+,34+,35+,36+/m0/s1. The molecule has 7 heteroatoms. The van der Waals surface area contributed by atoms with Crippen LogP contribution >= 0.6 is 0 Å². The second-order valence-electron chi connectivity index (χ2n) is 10.8. The van der Waals surface area contributed by atoms with E-state index in [-0.39, 0.29) is 12.7 Å². The van der Waals surface area contributed by atoms with E-state index in [0.717, 1.165) is 22.3 Å². The molecule has 43 heavy (non-hydrogen) atoms. The first kappa shape index (κ1) is 31.0. The summed E-state index contributed by atoms with van der Waals surface area (Å²) < 4.78 is 26.0. The van der Waals surface area contributed by atoms with Gasteiger partial charge in [-0.1, -0.05) is 121 Å². The summed E-state index contributed by atoms with van der Waals surface area (Å²) in [4.78, 5) is 0. The number of aliphatic hydroxyl groups excluding tert-OH is 2. The first-order chi connectivity index (χ1) is 21.2. The molecular formula is C36H41NO6. The summed E-state index contributed by atoms with van der Waals surface area (Å²) in [7, 11) is 0. The maximum atomic E-state index is 11.1. The lowest BCUT2D eigenvalue weighted by Crippen LogP contribution is -2.56. The van der Waals surface area contributed by atoms with Gasteiger partial charge in [-0.2, -0.15) is 0 Å². The summed E-state index contributed by atoms with van der Waals surface area (Å²) in [6.45, 7) is 1.44. The topological polar surface area (TPSA) is 89.4 Å². The van der Waals surface area contributed by atoms with Crippen molar-refractivity contribution < 1.29 is 29.2 Å². The molecular weight excluding hydrogens is 542 g/mol. The molecule has 3 N–H and O–H groups in total. The van der Waals surface area contributed by atoms with Gasteiger partial charge in [0.15, 0.2) is 0 Å². The monoisotopic (exact) mass is 583 g/mol. The zero-order valence-electron chi connectivity index (χ0n) is 24.3. The molecule has 226 valence electrons. The summed E-state index contributed by atoms with van der Waals surface area (Å²) in [6, 6.07) is 39.3. The molecule has 6 atom stereocenters. The predicted octanol–water partition coefficient (Wildman–Crippen LogP) is 4.65. The molecule has 0 radical (unpaired) electrons. The number of ether oxygens (including phenoxy) is 4. The molecule has 1 aliphatic rings. The van der Waals surface area contributed by atoms with E-state index in [1.54, 1.807) is 0 Å². The van der Waals surface area contributed by atoms with E-state index in [9.17, 15) is 10.2 Å². The van der Waals surface area contributed by atoms with Crippen LogP contribution in [0.1, 0.15) is 22.3 Å². The lowest BCUT2D eigenvalue weighted by molar-refractivity contribution is -0.166. The Morgan fingerprint density at radius 1 is 0.605 bits per heavy atom. The van der Waals surface area contributed by atoms with Crippen LogP contribution in [0.15, 0.2) is 121 Å². The zero-order valence-corrected chi connectivity index (χ0v) is 24.3. The number of hydrogen-bond acceptors (Lipinski definition) is 7. The third kappa shape index (κ3) is 9.05. The Bertz CT molecular complexity index is 1310. The Labute approximate surface area is 254 Å². The van der Waals surface area contributed by atoms with E-state index in [1.807, 2.05) is 121 Å². The Balaban J connectivity index is 1.41. The van der Waals surface area contributed by atoms with E-state index in [4.69, 9.17) is 18.9 Å². The largest absolute Gasteiger partial charge is 0.394 e. The molecule has 1 fully saturated rings. The quantitative estimate of drug-likeness (QED) is 0.177. The molecule has 1 saturated heterocycles. The fourth-order valence-corrected chi connectivity index (χ4v) is 5.39. The minimum absolute atomic E-state index is 0.254. The van der Waals surface area contributed by atoms with Gasteiger partial charge in [-0.25, -0.2) is 0 Å². The Hall–Kier alpha value is -3.40. The summed E-state index contributed by atoms with van der Waals surface area (Å²) >= 11 is 0. The zero-order chi connectivity index (χ0) is 29.7. The molecule has 0 saturated carbocycles. The summed E-state index contributed by atoms with van der Waals surface area (Å²) in [5, 5.41) is 24.8. The molecule has 4 aromatic carbocycles. The van der Waals surface area contributed by atoms with Gasteiger partial charge in [-0.3, -0.25) is 0 Å². The number of rotatable bonds is 16. The highest BCUT2D eigenvalue weighted by molar-refractivity contribution is 5.17.